The second-order valence-corrected chi connectivity index (χ2v) is 5.15. The third-order valence-electron chi connectivity index (χ3n) is 3.93. The lowest BCUT2D eigenvalue weighted by Gasteiger charge is -2.22. The van der Waals surface area contributed by atoms with E-state index in [2.05, 4.69) is 45.4 Å². The number of allylic oxidation sites excluding steroid dienone is 4. The second-order valence-electron chi connectivity index (χ2n) is 5.15. The molecule has 2 N–H and O–H groups in total. The smallest absolute Gasteiger partial charge is 0.262 e. The van der Waals surface area contributed by atoms with Crippen molar-refractivity contribution in [3.63, 3.8) is 0 Å². The topological polar surface area (TPSA) is 65.8 Å². The van der Waals surface area contributed by atoms with E-state index < -0.39 is 6.04 Å². The molecule has 1 aliphatic carbocycles. The van der Waals surface area contributed by atoms with Gasteiger partial charge in [0, 0.05) is 11.1 Å². The van der Waals surface area contributed by atoms with Gasteiger partial charge in [0.05, 0.1) is 11.7 Å². The number of hydrogen-bond acceptors (Lipinski definition) is 4. The standard InChI is InChI=1S/C15H14N4O/c20-15-14-13(17-19-15)11-8-4-7-10(12(11)16-18-14)9-5-2-1-3-6-9/h2,4-8,13-14,17H,1,3H2,(H,19,20). The van der Waals surface area contributed by atoms with Crippen LogP contribution in [0.25, 0.3) is 5.57 Å². The maximum atomic E-state index is 11.7. The Hall–Kier alpha value is -2.27. The highest BCUT2D eigenvalue weighted by atomic mass is 16.2. The summed E-state index contributed by atoms with van der Waals surface area (Å²) in [7, 11) is 0. The Kier molecular flexibility index (Phi) is 2.53. The molecule has 0 aromatic heterocycles. The molecular formula is C15H14N4O. The van der Waals surface area contributed by atoms with E-state index in [1.807, 2.05) is 12.1 Å². The third kappa shape index (κ3) is 1.63. The number of carbonyl (C=O) groups is 1. The van der Waals surface area contributed by atoms with Crippen molar-refractivity contribution in [3.05, 3.63) is 47.6 Å². The zero-order valence-electron chi connectivity index (χ0n) is 10.8. The van der Waals surface area contributed by atoms with Gasteiger partial charge in [-0.15, -0.1) is 0 Å². The van der Waals surface area contributed by atoms with E-state index in [0.717, 1.165) is 29.7 Å². The first-order valence-corrected chi connectivity index (χ1v) is 6.81. The molecule has 1 amide bonds. The SMILES string of the molecule is O=C1NNC2c3cccc(C4=CCCC=C4)c3N=NC12. The molecular weight excluding hydrogens is 252 g/mol. The molecule has 1 fully saturated rings. The fraction of sp³-hybridized carbons (Fsp3) is 0.267. The monoisotopic (exact) mass is 266 g/mol. The quantitative estimate of drug-likeness (QED) is 0.820. The molecule has 100 valence electrons. The molecule has 5 heteroatoms. The van der Waals surface area contributed by atoms with Crippen LogP contribution in [0.2, 0.25) is 0 Å². The summed E-state index contributed by atoms with van der Waals surface area (Å²) in [6.45, 7) is 0. The molecule has 0 saturated carbocycles. The number of fused-ring (bicyclic) bond motifs is 3. The average molecular weight is 266 g/mol. The number of nitrogens with zero attached hydrogens (tertiary/aromatic N) is 2. The molecule has 0 spiro atoms. The minimum atomic E-state index is -0.450. The minimum Gasteiger partial charge on any atom is -0.289 e. The maximum absolute atomic E-state index is 11.7. The molecule has 20 heavy (non-hydrogen) atoms. The highest BCUT2D eigenvalue weighted by Crippen LogP contribution is 2.41. The van der Waals surface area contributed by atoms with E-state index in [1.54, 1.807) is 0 Å². The van der Waals surface area contributed by atoms with Gasteiger partial charge in [0.2, 0.25) is 0 Å². The third-order valence-corrected chi connectivity index (χ3v) is 3.93. The van der Waals surface area contributed by atoms with Crippen LogP contribution >= 0.6 is 0 Å². The maximum Gasteiger partial charge on any atom is 0.262 e. The van der Waals surface area contributed by atoms with Crippen LogP contribution in [0, 0.1) is 0 Å². The van der Waals surface area contributed by atoms with Crippen molar-refractivity contribution in [1.29, 1.82) is 0 Å². The van der Waals surface area contributed by atoms with Gasteiger partial charge in [-0.05, 0) is 18.4 Å². The van der Waals surface area contributed by atoms with Crippen LogP contribution in [0.1, 0.15) is 30.0 Å². The second kappa shape index (κ2) is 4.38. The van der Waals surface area contributed by atoms with Gasteiger partial charge >= 0.3 is 0 Å². The van der Waals surface area contributed by atoms with Crippen LogP contribution in [-0.2, 0) is 4.79 Å². The van der Waals surface area contributed by atoms with E-state index in [-0.39, 0.29) is 11.9 Å². The molecule has 3 aliphatic rings. The normalized spacial score (nSPS) is 26.8. The lowest BCUT2D eigenvalue weighted by molar-refractivity contribution is -0.120. The van der Waals surface area contributed by atoms with E-state index in [9.17, 15) is 4.79 Å². The van der Waals surface area contributed by atoms with Crippen molar-refractivity contribution in [3.8, 4) is 0 Å². The van der Waals surface area contributed by atoms with Crippen LogP contribution in [0.15, 0.2) is 46.7 Å². The number of hydrogen-bond donors (Lipinski definition) is 2. The first-order chi connectivity index (χ1) is 9.84. The van der Waals surface area contributed by atoms with E-state index >= 15 is 0 Å². The van der Waals surface area contributed by atoms with Gasteiger partial charge in [0.25, 0.3) is 5.91 Å². The summed E-state index contributed by atoms with van der Waals surface area (Å²) in [5.41, 5.74) is 9.80. The van der Waals surface area contributed by atoms with Crippen LogP contribution in [0.5, 0.6) is 0 Å². The van der Waals surface area contributed by atoms with Gasteiger partial charge in [0.15, 0.2) is 6.04 Å². The number of nitrogens with one attached hydrogen (secondary N) is 2. The predicted molar refractivity (Wildman–Crippen MR) is 75.1 cm³/mol. The zero-order valence-corrected chi connectivity index (χ0v) is 10.8. The Morgan fingerprint density at radius 1 is 1.25 bits per heavy atom. The summed E-state index contributed by atoms with van der Waals surface area (Å²) in [4.78, 5) is 11.7. The number of hydrazine groups is 1. The Balaban J connectivity index is 1.84. The van der Waals surface area contributed by atoms with Crippen molar-refractivity contribution < 1.29 is 4.79 Å². The molecule has 5 nitrogen and oxygen atoms in total. The van der Waals surface area contributed by atoms with Gasteiger partial charge in [-0.2, -0.15) is 10.2 Å². The predicted octanol–water partition coefficient (Wildman–Crippen LogP) is 2.56. The molecule has 0 bridgehead atoms. The number of rotatable bonds is 1. The van der Waals surface area contributed by atoms with Crippen molar-refractivity contribution in [2.45, 2.75) is 24.9 Å². The van der Waals surface area contributed by atoms with Crippen molar-refractivity contribution in [1.82, 2.24) is 10.9 Å². The van der Waals surface area contributed by atoms with Crippen LogP contribution < -0.4 is 10.9 Å². The van der Waals surface area contributed by atoms with Crippen molar-refractivity contribution in [2.75, 3.05) is 0 Å². The Morgan fingerprint density at radius 2 is 2.20 bits per heavy atom. The average Bonchev–Trinajstić information content (AvgIpc) is 2.89. The van der Waals surface area contributed by atoms with Crippen LogP contribution in [0.4, 0.5) is 5.69 Å². The summed E-state index contributed by atoms with van der Waals surface area (Å²) in [5.74, 6) is -0.119. The highest BCUT2D eigenvalue weighted by Gasteiger charge is 2.40. The van der Waals surface area contributed by atoms with Gasteiger partial charge in [-0.3, -0.25) is 10.2 Å². The molecule has 2 aliphatic heterocycles. The molecule has 1 saturated heterocycles. The van der Waals surface area contributed by atoms with Crippen molar-refractivity contribution in [2.24, 2.45) is 10.2 Å². The van der Waals surface area contributed by atoms with Gasteiger partial charge in [-0.1, -0.05) is 36.4 Å². The van der Waals surface area contributed by atoms with Crippen LogP contribution in [0.3, 0.4) is 0 Å². The molecule has 1 aromatic carbocycles. The first kappa shape index (κ1) is 11.5. The summed E-state index contributed by atoms with van der Waals surface area (Å²) in [5, 5.41) is 8.48. The highest BCUT2D eigenvalue weighted by molar-refractivity contribution is 5.88. The molecule has 2 heterocycles. The summed E-state index contributed by atoms with van der Waals surface area (Å²) < 4.78 is 0. The number of amides is 1. The molecule has 1 aromatic rings. The Bertz CT molecular complexity index is 674. The van der Waals surface area contributed by atoms with Gasteiger partial charge < -0.3 is 0 Å². The van der Waals surface area contributed by atoms with E-state index in [4.69, 9.17) is 0 Å². The summed E-state index contributed by atoms with van der Waals surface area (Å²) in [6.07, 6.45) is 8.67. The van der Waals surface area contributed by atoms with Crippen molar-refractivity contribution >= 4 is 17.2 Å². The molecule has 0 radical (unpaired) electrons. The summed E-state index contributed by atoms with van der Waals surface area (Å²) in [6, 6.07) is 5.51. The Labute approximate surface area is 116 Å². The fourth-order valence-electron chi connectivity index (χ4n) is 2.91. The fourth-order valence-corrected chi connectivity index (χ4v) is 2.91. The molecule has 2 atom stereocenters. The minimum absolute atomic E-state index is 0.119. The van der Waals surface area contributed by atoms with Crippen LogP contribution in [-0.4, -0.2) is 11.9 Å². The Morgan fingerprint density at radius 3 is 3.05 bits per heavy atom. The largest absolute Gasteiger partial charge is 0.289 e. The number of benzene rings is 1. The van der Waals surface area contributed by atoms with E-state index in [1.165, 1.54) is 5.57 Å². The van der Waals surface area contributed by atoms with Gasteiger partial charge in [-0.25, -0.2) is 5.43 Å². The molecule has 2 unspecified atom stereocenters. The first-order valence-electron chi connectivity index (χ1n) is 6.81. The number of carbonyl (C=O) groups excluding carboxylic acids is 1. The molecule has 4 rings (SSSR count). The lowest BCUT2D eigenvalue weighted by atomic mass is 9.91. The lowest BCUT2D eigenvalue weighted by Crippen LogP contribution is -2.27. The summed E-state index contributed by atoms with van der Waals surface area (Å²) >= 11 is 0. The van der Waals surface area contributed by atoms with Gasteiger partial charge in [0.1, 0.15) is 0 Å². The zero-order chi connectivity index (χ0) is 13.5. The number of azo groups is 1. The van der Waals surface area contributed by atoms with E-state index in [0.29, 0.717) is 0 Å².